The molecule has 1 fully saturated rings. The number of nitrogens with two attached hydrogens (primary N) is 1. The van der Waals surface area contributed by atoms with Crippen LogP contribution in [0.4, 0.5) is 14.9 Å². The monoisotopic (exact) mass is 364 g/mol. The molecule has 1 saturated heterocycles. The number of para-hydroxylation sites is 1. The summed E-state index contributed by atoms with van der Waals surface area (Å²) < 4.78 is 13.7. The quantitative estimate of drug-likeness (QED) is 0.725. The number of piperidine rings is 1. The standard InChI is InChI=1S/C19H29FN4O2/c1-13(2)10-15(11-21)22-18(25)14-6-5-9-24(12-14)19(26)23-17-8-4-3-7-16(17)20/h3-4,7-8,13-15H,5-6,9-12,21H2,1-2H3,(H,22,25)(H,23,26). The number of amides is 3. The molecular formula is C19H29FN4O2. The third-order valence-corrected chi connectivity index (χ3v) is 4.58. The smallest absolute Gasteiger partial charge is 0.321 e. The first-order valence-electron chi connectivity index (χ1n) is 9.21. The van der Waals surface area contributed by atoms with Crippen molar-refractivity contribution in [1.29, 1.82) is 0 Å². The lowest BCUT2D eigenvalue weighted by molar-refractivity contribution is -0.127. The molecule has 0 aromatic heterocycles. The Labute approximate surface area is 154 Å². The predicted octanol–water partition coefficient (Wildman–Crippen LogP) is 2.56. The summed E-state index contributed by atoms with van der Waals surface area (Å²) in [4.78, 5) is 26.5. The van der Waals surface area contributed by atoms with Gasteiger partial charge in [0.2, 0.25) is 5.91 Å². The van der Waals surface area contributed by atoms with Crippen LogP contribution in [-0.2, 0) is 4.79 Å². The molecule has 0 spiro atoms. The van der Waals surface area contributed by atoms with Gasteiger partial charge in [-0.1, -0.05) is 26.0 Å². The maximum Gasteiger partial charge on any atom is 0.321 e. The first kappa shape index (κ1) is 20.2. The lowest BCUT2D eigenvalue weighted by Crippen LogP contribution is -2.50. The van der Waals surface area contributed by atoms with Crippen LogP contribution in [0.25, 0.3) is 0 Å². The average Bonchev–Trinajstić information content (AvgIpc) is 2.62. The summed E-state index contributed by atoms with van der Waals surface area (Å²) >= 11 is 0. The third-order valence-electron chi connectivity index (χ3n) is 4.58. The Bertz CT molecular complexity index is 623. The number of hydrogen-bond acceptors (Lipinski definition) is 3. The summed E-state index contributed by atoms with van der Waals surface area (Å²) in [5.41, 5.74) is 5.89. The van der Waals surface area contributed by atoms with E-state index in [0.29, 0.717) is 25.6 Å². The minimum Gasteiger partial charge on any atom is -0.352 e. The molecule has 2 rings (SSSR count). The first-order chi connectivity index (χ1) is 12.4. The molecule has 1 aromatic rings. The second-order valence-corrected chi connectivity index (χ2v) is 7.27. The van der Waals surface area contributed by atoms with E-state index in [0.717, 1.165) is 19.3 Å². The van der Waals surface area contributed by atoms with Crippen molar-refractivity contribution in [3.8, 4) is 0 Å². The number of nitrogens with one attached hydrogen (secondary N) is 2. The summed E-state index contributed by atoms with van der Waals surface area (Å²) in [6, 6.07) is 5.60. The maximum absolute atomic E-state index is 13.7. The van der Waals surface area contributed by atoms with E-state index in [9.17, 15) is 14.0 Å². The van der Waals surface area contributed by atoms with Crippen LogP contribution in [0.15, 0.2) is 24.3 Å². The highest BCUT2D eigenvalue weighted by molar-refractivity contribution is 5.90. The van der Waals surface area contributed by atoms with Crippen molar-refractivity contribution in [2.24, 2.45) is 17.6 Å². The second kappa shape index (κ2) is 9.52. The van der Waals surface area contributed by atoms with Crippen LogP contribution in [0.1, 0.15) is 33.1 Å². The second-order valence-electron chi connectivity index (χ2n) is 7.27. The van der Waals surface area contributed by atoms with Crippen molar-refractivity contribution < 1.29 is 14.0 Å². The Balaban J connectivity index is 1.92. The molecule has 0 bridgehead atoms. The maximum atomic E-state index is 13.7. The highest BCUT2D eigenvalue weighted by atomic mass is 19.1. The van der Waals surface area contributed by atoms with Gasteiger partial charge in [-0.3, -0.25) is 4.79 Å². The van der Waals surface area contributed by atoms with Crippen molar-refractivity contribution in [3.63, 3.8) is 0 Å². The van der Waals surface area contributed by atoms with Crippen LogP contribution in [0.5, 0.6) is 0 Å². The number of carbonyl (C=O) groups excluding carboxylic acids is 2. The van der Waals surface area contributed by atoms with E-state index < -0.39 is 5.82 Å². The minimum absolute atomic E-state index is 0.0508. The first-order valence-corrected chi connectivity index (χ1v) is 9.21. The Morgan fingerprint density at radius 1 is 1.35 bits per heavy atom. The third kappa shape index (κ3) is 5.69. The van der Waals surface area contributed by atoms with Gasteiger partial charge in [-0.05, 0) is 37.3 Å². The molecule has 6 nitrogen and oxygen atoms in total. The zero-order chi connectivity index (χ0) is 19.1. The van der Waals surface area contributed by atoms with E-state index in [2.05, 4.69) is 24.5 Å². The van der Waals surface area contributed by atoms with Crippen molar-refractivity contribution in [2.75, 3.05) is 25.0 Å². The Kier molecular flexibility index (Phi) is 7.38. The zero-order valence-electron chi connectivity index (χ0n) is 15.5. The fourth-order valence-electron chi connectivity index (χ4n) is 3.23. The van der Waals surface area contributed by atoms with Crippen LogP contribution in [0.2, 0.25) is 0 Å². The molecule has 2 unspecified atom stereocenters. The molecule has 1 aromatic carbocycles. The largest absolute Gasteiger partial charge is 0.352 e. The number of hydrogen-bond donors (Lipinski definition) is 3. The molecule has 26 heavy (non-hydrogen) atoms. The van der Waals surface area contributed by atoms with Gasteiger partial charge in [-0.25, -0.2) is 9.18 Å². The molecule has 0 radical (unpaired) electrons. The number of anilines is 1. The van der Waals surface area contributed by atoms with Gasteiger partial charge >= 0.3 is 6.03 Å². The van der Waals surface area contributed by atoms with Crippen LogP contribution in [0.3, 0.4) is 0 Å². The van der Waals surface area contributed by atoms with Crippen molar-refractivity contribution in [2.45, 2.75) is 39.2 Å². The van der Waals surface area contributed by atoms with E-state index in [1.807, 2.05) is 0 Å². The van der Waals surface area contributed by atoms with Gasteiger partial charge < -0.3 is 21.3 Å². The van der Waals surface area contributed by atoms with Crippen LogP contribution < -0.4 is 16.4 Å². The van der Waals surface area contributed by atoms with Gasteiger partial charge in [-0.15, -0.1) is 0 Å². The van der Waals surface area contributed by atoms with E-state index in [1.54, 1.807) is 17.0 Å². The van der Waals surface area contributed by atoms with Crippen LogP contribution in [-0.4, -0.2) is 42.5 Å². The lowest BCUT2D eigenvalue weighted by atomic mass is 9.96. The van der Waals surface area contributed by atoms with Gasteiger partial charge in [-0.2, -0.15) is 0 Å². The highest BCUT2D eigenvalue weighted by Crippen LogP contribution is 2.19. The minimum atomic E-state index is -0.480. The van der Waals surface area contributed by atoms with Gasteiger partial charge in [0.15, 0.2) is 0 Å². The Morgan fingerprint density at radius 3 is 2.73 bits per heavy atom. The summed E-state index contributed by atoms with van der Waals surface area (Å²) in [5.74, 6) is -0.370. The van der Waals surface area contributed by atoms with Crippen LogP contribution >= 0.6 is 0 Å². The number of nitrogens with zero attached hydrogens (tertiary/aromatic N) is 1. The van der Waals surface area contributed by atoms with Crippen LogP contribution in [0, 0.1) is 17.7 Å². The lowest BCUT2D eigenvalue weighted by Gasteiger charge is -2.33. The van der Waals surface area contributed by atoms with E-state index in [-0.39, 0.29) is 29.6 Å². The molecule has 1 heterocycles. The summed E-state index contributed by atoms with van der Waals surface area (Å²) in [7, 11) is 0. The molecule has 7 heteroatoms. The van der Waals surface area contributed by atoms with Gasteiger partial charge in [0.25, 0.3) is 0 Å². The predicted molar refractivity (Wildman–Crippen MR) is 100 cm³/mol. The number of halogens is 1. The summed E-state index contributed by atoms with van der Waals surface area (Å²) in [6.45, 7) is 5.45. The van der Waals surface area contributed by atoms with Gasteiger partial charge in [0.05, 0.1) is 11.6 Å². The molecule has 1 aliphatic rings. The summed E-state index contributed by atoms with van der Waals surface area (Å²) in [5, 5.41) is 5.58. The van der Waals surface area contributed by atoms with E-state index in [1.165, 1.54) is 12.1 Å². The molecule has 1 aliphatic heterocycles. The molecule has 0 saturated carbocycles. The topological polar surface area (TPSA) is 87.5 Å². The highest BCUT2D eigenvalue weighted by Gasteiger charge is 2.29. The summed E-state index contributed by atoms with van der Waals surface area (Å²) in [6.07, 6.45) is 2.29. The van der Waals surface area contributed by atoms with E-state index in [4.69, 9.17) is 5.73 Å². The molecule has 3 amide bonds. The number of urea groups is 1. The van der Waals surface area contributed by atoms with Crippen molar-refractivity contribution in [1.82, 2.24) is 10.2 Å². The molecule has 144 valence electrons. The van der Waals surface area contributed by atoms with Crippen molar-refractivity contribution in [3.05, 3.63) is 30.1 Å². The zero-order valence-corrected chi connectivity index (χ0v) is 15.5. The van der Waals surface area contributed by atoms with E-state index >= 15 is 0 Å². The number of carbonyl (C=O) groups is 2. The normalized spacial score (nSPS) is 18.5. The average molecular weight is 364 g/mol. The number of benzene rings is 1. The molecule has 4 N–H and O–H groups in total. The number of likely N-dealkylation sites (tertiary alicyclic amines) is 1. The fraction of sp³-hybridized carbons (Fsp3) is 0.579. The van der Waals surface area contributed by atoms with Crippen molar-refractivity contribution >= 4 is 17.6 Å². The van der Waals surface area contributed by atoms with Gasteiger partial charge in [0, 0.05) is 25.7 Å². The molecule has 0 aliphatic carbocycles. The Morgan fingerprint density at radius 2 is 2.08 bits per heavy atom. The van der Waals surface area contributed by atoms with Gasteiger partial charge in [0.1, 0.15) is 5.82 Å². The fourth-order valence-corrected chi connectivity index (χ4v) is 3.23. The molecular weight excluding hydrogens is 335 g/mol. The Hall–Kier alpha value is -2.15. The number of rotatable bonds is 6. The molecule has 2 atom stereocenters. The SMILES string of the molecule is CC(C)CC(CN)NC(=O)C1CCCN(C(=O)Nc2ccccc2F)C1.